The van der Waals surface area contributed by atoms with Gasteiger partial charge in [-0.2, -0.15) is 0 Å². The second-order valence-electron chi connectivity index (χ2n) is 4.71. The quantitative estimate of drug-likeness (QED) is 0.728. The molecule has 20 heavy (non-hydrogen) atoms. The summed E-state index contributed by atoms with van der Waals surface area (Å²) < 4.78 is 0. The standard InChI is InChI=1S/C14H22N4O2/c1-5-16-12-7-10(6-11(18-12)9(2)3)14(20)17-8-13(19)15-4/h6-7,9H,5,8H2,1-4H3,(H,15,19)(H,16,18)(H,17,20). The van der Waals surface area contributed by atoms with Crippen LogP contribution in [0.2, 0.25) is 0 Å². The van der Waals surface area contributed by atoms with Gasteiger partial charge in [0.25, 0.3) is 5.91 Å². The molecule has 1 aromatic heterocycles. The molecule has 1 heterocycles. The lowest BCUT2D eigenvalue weighted by atomic mass is 10.1. The summed E-state index contributed by atoms with van der Waals surface area (Å²) in [6.07, 6.45) is 0. The normalized spacial score (nSPS) is 10.2. The third kappa shape index (κ3) is 4.53. The number of amides is 2. The molecule has 0 aliphatic heterocycles. The van der Waals surface area contributed by atoms with Gasteiger partial charge in [-0.3, -0.25) is 9.59 Å². The van der Waals surface area contributed by atoms with E-state index in [4.69, 9.17) is 0 Å². The van der Waals surface area contributed by atoms with Crippen LogP contribution in [0.1, 0.15) is 42.7 Å². The van der Waals surface area contributed by atoms with E-state index in [9.17, 15) is 9.59 Å². The topological polar surface area (TPSA) is 83.1 Å². The van der Waals surface area contributed by atoms with E-state index in [1.54, 1.807) is 12.1 Å². The Morgan fingerprint density at radius 2 is 2.00 bits per heavy atom. The zero-order chi connectivity index (χ0) is 15.1. The van der Waals surface area contributed by atoms with Crippen LogP contribution in [0.5, 0.6) is 0 Å². The fraction of sp³-hybridized carbons (Fsp3) is 0.500. The van der Waals surface area contributed by atoms with Crippen LogP contribution >= 0.6 is 0 Å². The number of hydrogen-bond acceptors (Lipinski definition) is 4. The third-order valence-corrected chi connectivity index (χ3v) is 2.75. The molecule has 2 amide bonds. The molecule has 3 N–H and O–H groups in total. The number of nitrogens with one attached hydrogen (secondary N) is 3. The Morgan fingerprint density at radius 3 is 2.55 bits per heavy atom. The highest BCUT2D eigenvalue weighted by atomic mass is 16.2. The van der Waals surface area contributed by atoms with Crippen molar-refractivity contribution in [3.63, 3.8) is 0 Å². The largest absolute Gasteiger partial charge is 0.370 e. The summed E-state index contributed by atoms with van der Waals surface area (Å²) >= 11 is 0. The van der Waals surface area contributed by atoms with E-state index < -0.39 is 0 Å². The fourth-order valence-electron chi connectivity index (χ4n) is 1.60. The Bertz CT molecular complexity index is 486. The molecule has 6 nitrogen and oxygen atoms in total. The molecule has 0 fully saturated rings. The Labute approximate surface area is 119 Å². The first-order chi connectivity index (χ1) is 9.47. The molecule has 6 heteroatoms. The average Bonchev–Trinajstić information content (AvgIpc) is 2.44. The molecule has 110 valence electrons. The van der Waals surface area contributed by atoms with Gasteiger partial charge in [0.2, 0.25) is 5.91 Å². The number of nitrogens with zero attached hydrogens (tertiary/aromatic N) is 1. The first-order valence-corrected chi connectivity index (χ1v) is 6.72. The van der Waals surface area contributed by atoms with Gasteiger partial charge < -0.3 is 16.0 Å². The molecule has 0 bridgehead atoms. The van der Waals surface area contributed by atoms with E-state index in [2.05, 4.69) is 20.9 Å². The maximum Gasteiger partial charge on any atom is 0.251 e. The van der Waals surface area contributed by atoms with E-state index >= 15 is 0 Å². The Hall–Kier alpha value is -2.11. The molecule has 0 aliphatic carbocycles. The van der Waals surface area contributed by atoms with Gasteiger partial charge in [0.05, 0.1) is 6.54 Å². The number of aromatic nitrogens is 1. The van der Waals surface area contributed by atoms with Gasteiger partial charge in [-0.05, 0) is 25.0 Å². The van der Waals surface area contributed by atoms with Crippen molar-refractivity contribution in [1.29, 1.82) is 0 Å². The van der Waals surface area contributed by atoms with Gasteiger partial charge in [0.1, 0.15) is 5.82 Å². The lowest BCUT2D eigenvalue weighted by Gasteiger charge is -2.12. The maximum atomic E-state index is 12.0. The van der Waals surface area contributed by atoms with Crippen molar-refractivity contribution in [3.05, 3.63) is 23.4 Å². The van der Waals surface area contributed by atoms with Gasteiger partial charge in [0, 0.05) is 24.8 Å². The summed E-state index contributed by atoms with van der Waals surface area (Å²) in [5.41, 5.74) is 1.34. The molecule has 0 saturated heterocycles. The molecule has 0 atom stereocenters. The van der Waals surface area contributed by atoms with Crippen molar-refractivity contribution in [3.8, 4) is 0 Å². The number of pyridine rings is 1. The highest BCUT2D eigenvalue weighted by molar-refractivity contribution is 5.97. The van der Waals surface area contributed by atoms with Crippen LogP contribution in [0.3, 0.4) is 0 Å². The number of hydrogen-bond donors (Lipinski definition) is 3. The highest BCUT2D eigenvalue weighted by Gasteiger charge is 2.12. The molecule has 0 unspecified atom stereocenters. The van der Waals surface area contributed by atoms with Gasteiger partial charge in [-0.25, -0.2) is 4.98 Å². The van der Waals surface area contributed by atoms with E-state index in [1.807, 2.05) is 20.8 Å². The van der Waals surface area contributed by atoms with Crippen LogP contribution in [0.4, 0.5) is 5.82 Å². The maximum absolute atomic E-state index is 12.0. The number of likely N-dealkylation sites (N-methyl/N-ethyl adjacent to an activating group) is 1. The van der Waals surface area contributed by atoms with E-state index in [0.717, 1.165) is 12.2 Å². The van der Waals surface area contributed by atoms with Crippen molar-refractivity contribution in [1.82, 2.24) is 15.6 Å². The minimum Gasteiger partial charge on any atom is -0.370 e. The summed E-state index contributed by atoms with van der Waals surface area (Å²) in [5, 5.41) is 8.14. The number of carbonyl (C=O) groups is 2. The summed E-state index contributed by atoms with van der Waals surface area (Å²) in [7, 11) is 1.53. The minimum absolute atomic E-state index is 0.0365. The van der Waals surface area contributed by atoms with Crippen molar-refractivity contribution < 1.29 is 9.59 Å². The lowest BCUT2D eigenvalue weighted by Crippen LogP contribution is -2.35. The van der Waals surface area contributed by atoms with Crippen molar-refractivity contribution in [2.75, 3.05) is 25.5 Å². The second-order valence-corrected chi connectivity index (χ2v) is 4.71. The van der Waals surface area contributed by atoms with Crippen LogP contribution in [0, 0.1) is 0 Å². The molecule has 1 aromatic rings. The fourth-order valence-corrected chi connectivity index (χ4v) is 1.60. The van der Waals surface area contributed by atoms with Crippen LogP contribution in [0.15, 0.2) is 12.1 Å². The van der Waals surface area contributed by atoms with Crippen LogP contribution in [-0.4, -0.2) is 36.9 Å². The SMILES string of the molecule is CCNc1cc(C(=O)NCC(=O)NC)cc(C(C)C)n1. The van der Waals surface area contributed by atoms with Crippen molar-refractivity contribution in [2.24, 2.45) is 0 Å². The van der Waals surface area contributed by atoms with Gasteiger partial charge in [-0.1, -0.05) is 13.8 Å². The molecule has 0 aromatic carbocycles. The molecule has 0 aliphatic rings. The number of anilines is 1. The monoisotopic (exact) mass is 278 g/mol. The molecule has 1 rings (SSSR count). The summed E-state index contributed by atoms with van der Waals surface area (Å²) in [5.74, 6) is 0.378. The molecular weight excluding hydrogens is 256 g/mol. The average molecular weight is 278 g/mol. The van der Waals surface area contributed by atoms with Crippen LogP contribution in [-0.2, 0) is 4.79 Å². The molecular formula is C14H22N4O2. The lowest BCUT2D eigenvalue weighted by molar-refractivity contribution is -0.119. The summed E-state index contributed by atoms with van der Waals surface area (Å²) in [6.45, 7) is 6.70. The molecule has 0 spiro atoms. The van der Waals surface area contributed by atoms with Crippen molar-refractivity contribution >= 4 is 17.6 Å². The molecule has 0 radical (unpaired) electrons. The van der Waals surface area contributed by atoms with Gasteiger partial charge in [0.15, 0.2) is 0 Å². The Kier molecular flexibility index (Phi) is 5.96. The van der Waals surface area contributed by atoms with E-state index in [-0.39, 0.29) is 24.3 Å². The van der Waals surface area contributed by atoms with Crippen molar-refractivity contribution in [2.45, 2.75) is 26.7 Å². The number of rotatable bonds is 6. The van der Waals surface area contributed by atoms with Crippen LogP contribution in [0.25, 0.3) is 0 Å². The van der Waals surface area contributed by atoms with E-state index in [0.29, 0.717) is 11.4 Å². The Morgan fingerprint density at radius 1 is 1.30 bits per heavy atom. The summed E-state index contributed by atoms with van der Waals surface area (Å²) in [4.78, 5) is 27.6. The minimum atomic E-state index is -0.281. The predicted octanol–water partition coefficient (Wildman–Crippen LogP) is 1.11. The van der Waals surface area contributed by atoms with Crippen LogP contribution < -0.4 is 16.0 Å². The summed E-state index contributed by atoms with van der Waals surface area (Å²) in [6, 6.07) is 3.44. The zero-order valence-electron chi connectivity index (χ0n) is 12.4. The number of carbonyl (C=O) groups excluding carboxylic acids is 2. The third-order valence-electron chi connectivity index (χ3n) is 2.75. The van der Waals surface area contributed by atoms with E-state index in [1.165, 1.54) is 7.05 Å². The molecule has 0 saturated carbocycles. The van der Waals surface area contributed by atoms with Gasteiger partial charge >= 0.3 is 0 Å². The smallest absolute Gasteiger partial charge is 0.251 e. The second kappa shape index (κ2) is 7.47. The highest BCUT2D eigenvalue weighted by Crippen LogP contribution is 2.17. The predicted molar refractivity (Wildman–Crippen MR) is 78.9 cm³/mol. The Balaban J connectivity index is 2.91. The van der Waals surface area contributed by atoms with Gasteiger partial charge in [-0.15, -0.1) is 0 Å². The first-order valence-electron chi connectivity index (χ1n) is 6.72. The first kappa shape index (κ1) is 15.9. The zero-order valence-corrected chi connectivity index (χ0v) is 12.4.